The first kappa shape index (κ1) is 14.1. The Balaban J connectivity index is 3.92. The largest absolute Gasteiger partial charge is 0.480 e. The molecule has 0 spiro atoms. The maximum atomic E-state index is 10.6. The molecule has 16 heavy (non-hydrogen) atoms. The van der Waals surface area contributed by atoms with E-state index in [0.717, 1.165) is 0 Å². The highest BCUT2D eigenvalue weighted by atomic mass is 16.7. The monoisotopic (exact) mass is 233 g/mol. The highest BCUT2D eigenvalue weighted by molar-refractivity contribution is 5.78. The minimum atomic E-state index is -1.32. The first-order valence-electron chi connectivity index (χ1n) is 4.49. The van der Waals surface area contributed by atoms with E-state index < -0.39 is 16.5 Å². The Kier molecular flexibility index (Phi) is 5.16. The van der Waals surface area contributed by atoms with E-state index >= 15 is 0 Å². The molecule has 0 saturated carbocycles. The molecular weight excluding hydrogens is 218 g/mol. The molecule has 0 aromatic rings. The second kappa shape index (κ2) is 5.85. The molecule has 6 N–H and O–H groups in total. The van der Waals surface area contributed by atoms with Gasteiger partial charge >= 0.3 is 5.97 Å². The number of carbonyl (C=O) groups is 1. The lowest BCUT2D eigenvalue weighted by Gasteiger charge is -2.17. The number of nitrogens with zero attached hydrogens (tertiary/aromatic N) is 2. The quantitative estimate of drug-likeness (QED) is 0.145. The zero-order valence-electron chi connectivity index (χ0n) is 8.84. The van der Waals surface area contributed by atoms with Crippen LogP contribution in [-0.2, 0) is 4.79 Å². The van der Waals surface area contributed by atoms with Crippen LogP contribution in [0.25, 0.3) is 0 Å². The Morgan fingerprint density at radius 2 is 2.25 bits per heavy atom. The Morgan fingerprint density at radius 3 is 2.69 bits per heavy atom. The first-order valence-corrected chi connectivity index (χ1v) is 4.49. The van der Waals surface area contributed by atoms with Gasteiger partial charge in [0.2, 0.25) is 0 Å². The molecule has 92 valence electrons. The average molecular weight is 233 g/mol. The number of nitrogens with two attached hydrogens (primary N) is 2. The summed E-state index contributed by atoms with van der Waals surface area (Å²) in [6.07, 6.45) is 0.580. The molecule has 0 aliphatic carbocycles. The fourth-order valence-corrected chi connectivity index (χ4v) is 0.882. The highest BCUT2D eigenvalue weighted by Gasteiger charge is 2.26. The molecule has 0 bridgehead atoms. The van der Waals surface area contributed by atoms with Gasteiger partial charge in [-0.2, -0.15) is 0 Å². The van der Waals surface area contributed by atoms with Crippen molar-refractivity contribution in [1.82, 2.24) is 5.43 Å². The SMILES string of the molecule is C[C@](N)(CCCN=C(N)N[N+](=O)[O-])C(=O)O. The van der Waals surface area contributed by atoms with Crippen LogP contribution in [-0.4, -0.2) is 34.2 Å². The number of nitro groups is 1. The van der Waals surface area contributed by atoms with Crippen LogP contribution in [0.5, 0.6) is 0 Å². The number of hydrazine groups is 1. The summed E-state index contributed by atoms with van der Waals surface area (Å²) in [6, 6.07) is 0. The fourth-order valence-electron chi connectivity index (χ4n) is 0.882. The topological polar surface area (TPSA) is 157 Å². The van der Waals surface area contributed by atoms with Gasteiger partial charge in [-0.25, -0.2) is 15.1 Å². The van der Waals surface area contributed by atoms with Crippen molar-refractivity contribution >= 4 is 11.9 Å². The van der Waals surface area contributed by atoms with Gasteiger partial charge in [0, 0.05) is 6.54 Å². The van der Waals surface area contributed by atoms with E-state index in [0.29, 0.717) is 6.42 Å². The number of carboxylic acids is 1. The van der Waals surface area contributed by atoms with Crippen LogP contribution in [0.3, 0.4) is 0 Å². The van der Waals surface area contributed by atoms with E-state index in [-0.39, 0.29) is 18.9 Å². The number of hydrogen-bond donors (Lipinski definition) is 4. The van der Waals surface area contributed by atoms with E-state index in [4.69, 9.17) is 16.6 Å². The number of rotatable bonds is 6. The standard InChI is InChI=1S/C7H15N5O4/c1-7(9,5(13)14)3-2-4-10-6(8)11-12(15)16/h2-4,9H2,1H3,(H,13,14)(H3,8,10,11)/t7-/m0/s1. The maximum Gasteiger partial charge on any atom is 0.323 e. The minimum Gasteiger partial charge on any atom is -0.480 e. The number of carboxylic acid groups (broad SMARTS) is 1. The van der Waals surface area contributed by atoms with E-state index in [2.05, 4.69) is 4.99 Å². The summed E-state index contributed by atoms with van der Waals surface area (Å²) >= 11 is 0. The third-order valence-electron chi connectivity index (χ3n) is 1.83. The second-order valence-corrected chi connectivity index (χ2v) is 3.46. The summed E-state index contributed by atoms with van der Waals surface area (Å²) in [7, 11) is 0. The Hall–Kier alpha value is -1.90. The van der Waals surface area contributed by atoms with Crippen molar-refractivity contribution in [3.63, 3.8) is 0 Å². The van der Waals surface area contributed by atoms with Crippen molar-refractivity contribution in [3.05, 3.63) is 10.1 Å². The predicted molar refractivity (Wildman–Crippen MR) is 56.1 cm³/mol. The summed E-state index contributed by atoms with van der Waals surface area (Å²) in [5.74, 6) is -1.42. The van der Waals surface area contributed by atoms with Gasteiger partial charge < -0.3 is 16.6 Å². The van der Waals surface area contributed by atoms with Crippen LogP contribution in [0.2, 0.25) is 0 Å². The lowest BCUT2D eigenvalue weighted by molar-refractivity contribution is -0.525. The van der Waals surface area contributed by atoms with Crippen LogP contribution in [0.4, 0.5) is 0 Å². The molecule has 0 saturated heterocycles. The Labute approximate surface area is 91.6 Å². The smallest absolute Gasteiger partial charge is 0.323 e. The summed E-state index contributed by atoms with van der Waals surface area (Å²) in [5.41, 5.74) is 10.9. The van der Waals surface area contributed by atoms with Crippen LogP contribution in [0.1, 0.15) is 19.8 Å². The third kappa shape index (κ3) is 5.75. The van der Waals surface area contributed by atoms with Crippen molar-refractivity contribution < 1.29 is 14.9 Å². The molecule has 0 unspecified atom stereocenters. The van der Waals surface area contributed by atoms with Gasteiger partial charge in [-0.1, -0.05) is 5.43 Å². The van der Waals surface area contributed by atoms with Crippen LogP contribution < -0.4 is 16.9 Å². The van der Waals surface area contributed by atoms with E-state index in [1.54, 1.807) is 5.43 Å². The van der Waals surface area contributed by atoms with Gasteiger partial charge in [0.25, 0.3) is 5.96 Å². The maximum absolute atomic E-state index is 10.6. The normalized spacial score (nSPS) is 15.2. The van der Waals surface area contributed by atoms with E-state index in [9.17, 15) is 14.9 Å². The average Bonchev–Trinajstić information content (AvgIpc) is 2.11. The van der Waals surface area contributed by atoms with Crippen molar-refractivity contribution in [2.24, 2.45) is 16.5 Å². The molecule has 1 atom stereocenters. The molecule has 0 radical (unpaired) electrons. The Bertz CT molecular complexity index is 301. The molecule has 0 amide bonds. The minimum absolute atomic E-state index is 0.173. The molecule has 9 heteroatoms. The summed E-state index contributed by atoms with van der Waals surface area (Å²) in [5, 5.41) is 17.8. The number of aliphatic imine (C=N–C) groups is 1. The predicted octanol–water partition coefficient (Wildman–Crippen LogP) is -1.34. The molecule has 0 aromatic heterocycles. The lowest BCUT2D eigenvalue weighted by Crippen LogP contribution is -2.44. The number of aliphatic carboxylic acids is 1. The fraction of sp³-hybridized carbons (Fsp3) is 0.714. The molecule has 0 rings (SSSR count). The molecule has 0 aromatic carbocycles. The number of guanidine groups is 1. The van der Waals surface area contributed by atoms with Crippen molar-refractivity contribution in [1.29, 1.82) is 0 Å². The van der Waals surface area contributed by atoms with Gasteiger partial charge in [-0.3, -0.25) is 4.79 Å². The third-order valence-corrected chi connectivity index (χ3v) is 1.83. The molecule has 0 aliphatic heterocycles. The summed E-state index contributed by atoms with van der Waals surface area (Å²) in [6.45, 7) is 1.56. The van der Waals surface area contributed by atoms with E-state index in [1.165, 1.54) is 6.92 Å². The number of nitrogens with one attached hydrogen (secondary N) is 1. The first-order chi connectivity index (χ1) is 7.25. The van der Waals surface area contributed by atoms with Crippen molar-refractivity contribution in [2.45, 2.75) is 25.3 Å². The lowest BCUT2D eigenvalue weighted by atomic mass is 9.98. The zero-order valence-corrected chi connectivity index (χ0v) is 8.84. The summed E-state index contributed by atoms with van der Waals surface area (Å²) < 4.78 is 0. The van der Waals surface area contributed by atoms with E-state index in [1.807, 2.05) is 0 Å². The zero-order chi connectivity index (χ0) is 12.8. The van der Waals surface area contributed by atoms with Crippen LogP contribution in [0, 0.1) is 10.1 Å². The summed E-state index contributed by atoms with van der Waals surface area (Å²) in [4.78, 5) is 24.2. The Morgan fingerprint density at radius 1 is 1.69 bits per heavy atom. The molecule has 0 heterocycles. The van der Waals surface area contributed by atoms with Gasteiger partial charge in [-0.05, 0) is 19.8 Å². The van der Waals surface area contributed by atoms with Crippen molar-refractivity contribution in [3.8, 4) is 0 Å². The van der Waals surface area contributed by atoms with Crippen molar-refractivity contribution in [2.75, 3.05) is 6.54 Å². The van der Waals surface area contributed by atoms with Gasteiger partial charge in [0.05, 0.1) is 0 Å². The molecule has 0 fully saturated rings. The van der Waals surface area contributed by atoms with Gasteiger partial charge in [0.1, 0.15) is 5.54 Å². The van der Waals surface area contributed by atoms with Gasteiger partial charge in [0.15, 0.2) is 5.03 Å². The molecular formula is C7H15N5O4. The highest BCUT2D eigenvalue weighted by Crippen LogP contribution is 2.08. The number of hydrogen-bond acceptors (Lipinski definition) is 5. The molecule has 9 nitrogen and oxygen atoms in total. The molecule has 0 aliphatic rings. The van der Waals surface area contributed by atoms with Crippen LogP contribution >= 0.6 is 0 Å². The van der Waals surface area contributed by atoms with Gasteiger partial charge in [-0.15, -0.1) is 0 Å². The van der Waals surface area contributed by atoms with Crippen LogP contribution in [0.15, 0.2) is 4.99 Å². The second-order valence-electron chi connectivity index (χ2n) is 3.46.